The quantitative estimate of drug-likeness (QED) is 0.886. The molecule has 1 unspecified atom stereocenters. The second-order valence-electron chi connectivity index (χ2n) is 6.07. The Labute approximate surface area is 126 Å². The van der Waals surface area contributed by atoms with Crippen LogP contribution in [-0.4, -0.2) is 29.5 Å². The van der Waals surface area contributed by atoms with Gasteiger partial charge in [0.2, 0.25) is 5.89 Å². The van der Waals surface area contributed by atoms with E-state index in [4.69, 9.17) is 10.2 Å². The van der Waals surface area contributed by atoms with Crippen molar-refractivity contribution >= 4 is 0 Å². The smallest absolute Gasteiger partial charge is 0.226 e. The molecule has 1 aromatic heterocycles. The van der Waals surface area contributed by atoms with E-state index in [1.807, 2.05) is 12.1 Å². The lowest BCUT2D eigenvalue weighted by molar-refractivity contribution is 0.213. The summed E-state index contributed by atoms with van der Waals surface area (Å²) in [5.41, 5.74) is 9.12. The molecule has 4 heteroatoms. The third kappa shape index (κ3) is 3.34. The van der Waals surface area contributed by atoms with E-state index in [0.29, 0.717) is 18.5 Å². The summed E-state index contributed by atoms with van der Waals surface area (Å²) in [7, 11) is 2.12. The summed E-state index contributed by atoms with van der Waals surface area (Å²) in [6.07, 6.45) is 4.37. The molecule has 4 nitrogen and oxygen atoms in total. The zero-order chi connectivity index (χ0) is 14.8. The van der Waals surface area contributed by atoms with Gasteiger partial charge in [-0.15, -0.1) is 0 Å². The lowest BCUT2D eigenvalue weighted by Crippen LogP contribution is -2.39. The number of hydrogen-bond donors (Lipinski definition) is 1. The molecule has 1 fully saturated rings. The molecule has 1 heterocycles. The number of nitrogens with two attached hydrogens (primary N) is 1. The third-order valence-corrected chi connectivity index (χ3v) is 4.24. The van der Waals surface area contributed by atoms with Crippen molar-refractivity contribution in [1.82, 2.24) is 9.88 Å². The molecule has 0 spiro atoms. The molecule has 2 aromatic rings. The number of likely N-dealkylation sites (N-methyl/N-ethyl adjacent to an activating group) is 1. The first-order valence-electron chi connectivity index (χ1n) is 7.59. The van der Waals surface area contributed by atoms with Gasteiger partial charge in [-0.1, -0.05) is 17.7 Å². The zero-order valence-corrected chi connectivity index (χ0v) is 12.7. The Morgan fingerprint density at radius 3 is 2.67 bits per heavy atom. The first-order valence-corrected chi connectivity index (χ1v) is 7.59. The van der Waals surface area contributed by atoms with Gasteiger partial charge in [-0.3, -0.25) is 4.90 Å². The molecule has 1 aliphatic carbocycles. The van der Waals surface area contributed by atoms with Crippen LogP contribution in [0.3, 0.4) is 0 Å². The Bertz CT molecular complexity index is 586. The maximum Gasteiger partial charge on any atom is 0.226 e. The van der Waals surface area contributed by atoms with Gasteiger partial charge in [0.05, 0.1) is 5.69 Å². The Morgan fingerprint density at radius 2 is 2.05 bits per heavy atom. The standard InChI is InChI=1S/C17H23N3O/c1-12-3-5-14(6-4-12)17-19-15(11-21-17)10-20(2)16(9-18)13-7-8-13/h3-6,11,13,16H,7-10,18H2,1-2H3. The minimum atomic E-state index is 0.463. The highest BCUT2D eigenvalue weighted by Crippen LogP contribution is 2.35. The fourth-order valence-electron chi connectivity index (χ4n) is 2.79. The van der Waals surface area contributed by atoms with Gasteiger partial charge in [-0.05, 0) is 44.9 Å². The van der Waals surface area contributed by atoms with Crippen LogP contribution in [0.5, 0.6) is 0 Å². The molecule has 1 saturated carbocycles. The summed E-state index contributed by atoms with van der Waals surface area (Å²) in [5.74, 6) is 1.46. The van der Waals surface area contributed by atoms with E-state index >= 15 is 0 Å². The Hall–Kier alpha value is -1.65. The molecule has 0 radical (unpaired) electrons. The molecule has 21 heavy (non-hydrogen) atoms. The van der Waals surface area contributed by atoms with Crippen LogP contribution >= 0.6 is 0 Å². The van der Waals surface area contributed by atoms with Crippen LogP contribution in [0.4, 0.5) is 0 Å². The maximum atomic E-state index is 5.89. The van der Waals surface area contributed by atoms with Gasteiger partial charge in [0, 0.05) is 24.7 Å². The van der Waals surface area contributed by atoms with Gasteiger partial charge in [-0.2, -0.15) is 0 Å². The topological polar surface area (TPSA) is 55.3 Å². The Balaban J connectivity index is 1.68. The molecule has 3 rings (SSSR count). The molecular formula is C17H23N3O. The summed E-state index contributed by atoms with van der Waals surface area (Å²) in [6, 6.07) is 8.69. The summed E-state index contributed by atoms with van der Waals surface area (Å²) in [6.45, 7) is 3.57. The highest BCUT2D eigenvalue weighted by atomic mass is 16.3. The van der Waals surface area contributed by atoms with Crippen molar-refractivity contribution in [3.63, 3.8) is 0 Å². The van der Waals surface area contributed by atoms with Gasteiger partial charge in [0.1, 0.15) is 6.26 Å². The van der Waals surface area contributed by atoms with Crippen molar-refractivity contribution in [2.75, 3.05) is 13.6 Å². The molecule has 1 aliphatic rings. The molecule has 112 valence electrons. The monoisotopic (exact) mass is 285 g/mol. The van der Waals surface area contributed by atoms with Crippen molar-refractivity contribution in [1.29, 1.82) is 0 Å². The lowest BCUT2D eigenvalue weighted by atomic mass is 10.1. The van der Waals surface area contributed by atoms with E-state index in [1.54, 1.807) is 6.26 Å². The highest BCUT2D eigenvalue weighted by molar-refractivity contribution is 5.53. The molecule has 1 aromatic carbocycles. The van der Waals surface area contributed by atoms with Crippen LogP contribution in [0, 0.1) is 12.8 Å². The zero-order valence-electron chi connectivity index (χ0n) is 12.7. The predicted molar refractivity (Wildman–Crippen MR) is 83.7 cm³/mol. The molecule has 0 bridgehead atoms. The fourth-order valence-corrected chi connectivity index (χ4v) is 2.79. The van der Waals surface area contributed by atoms with Crippen LogP contribution in [0.2, 0.25) is 0 Å². The van der Waals surface area contributed by atoms with Gasteiger partial charge < -0.3 is 10.2 Å². The van der Waals surface area contributed by atoms with Crippen LogP contribution in [0.1, 0.15) is 24.1 Å². The van der Waals surface area contributed by atoms with Gasteiger partial charge in [0.15, 0.2) is 0 Å². The minimum absolute atomic E-state index is 0.463. The number of hydrogen-bond acceptors (Lipinski definition) is 4. The normalized spacial score (nSPS) is 16.4. The van der Waals surface area contributed by atoms with Crippen LogP contribution in [0.15, 0.2) is 34.9 Å². The van der Waals surface area contributed by atoms with E-state index in [1.165, 1.54) is 18.4 Å². The molecule has 1 atom stereocenters. The number of aryl methyl sites for hydroxylation is 1. The number of benzene rings is 1. The number of rotatable bonds is 6. The van der Waals surface area contributed by atoms with E-state index in [0.717, 1.165) is 23.7 Å². The van der Waals surface area contributed by atoms with Crippen molar-refractivity contribution in [3.05, 3.63) is 41.8 Å². The number of aromatic nitrogens is 1. The minimum Gasteiger partial charge on any atom is -0.444 e. The SMILES string of the molecule is Cc1ccc(-c2nc(CN(C)C(CN)C3CC3)co2)cc1. The summed E-state index contributed by atoms with van der Waals surface area (Å²) in [5, 5.41) is 0. The van der Waals surface area contributed by atoms with E-state index in [2.05, 4.69) is 36.0 Å². The average Bonchev–Trinajstić information content (AvgIpc) is 3.20. The second kappa shape index (κ2) is 6.00. The molecule has 0 saturated heterocycles. The van der Waals surface area contributed by atoms with E-state index in [-0.39, 0.29) is 0 Å². The van der Waals surface area contributed by atoms with Crippen molar-refractivity contribution < 1.29 is 4.42 Å². The lowest BCUT2D eigenvalue weighted by Gasteiger charge is -2.25. The second-order valence-corrected chi connectivity index (χ2v) is 6.07. The first kappa shape index (κ1) is 14.3. The molecule has 0 amide bonds. The van der Waals surface area contributed by atoms with Crippen LogP contribution in [0.25, 0.3) is 11.5 Å². The first-order chi connectivity index (χ1) is 10.2. The number of nitrogens with zero attached hydrogens (tertiary/aromatic N) is 2. The Kier molecular flexibility index (Phi) is 4.08. The average molecular weight is 285 g/mol. The van der Waals surface area contributed by atoms with Crippen LogP contribution < -0.4 is 5.73 Å². The molecule has 0 aliphatic heterocycles. The molecular weight excluding hydrogens is 262 g/mol. The van der Waals surface area contributed by atoms with Crippen LogP contribution in [-0.2, 0) is 6.54 Å². The fraction of sp³-hybridized carbons (Fsp3) is 0.471. The van der Waals surface area contributed by atoms with Gasteiger partial charge >= 0.3 is 0 Å². The number of oxazole rings is 1. The predicted octanol–water partition coefficient (Wildman–Crippen LogP) is 2.82. The van der Waals surface area contributed by atoms with Crippen molar-refractivity contribution in [3.8, 4) is 11.5 Å². The molecule has 2 N–H and O–H groups in total. The van der Waals surface area contributed by atoms with Gasteiger partial charge in [-0.25, -0.2) is 4.98 Å². The summed E-state index contributed by atoms with van der Waals surface area (Å²) >= 11 is 0. The van der Waals surface area contributed by atoms with Crippen molar-refractivity contribution in [2.24, 2.45) is 11.7 Å². The van der Waals surface area contributed by atoms with Crippen molar-refractivity contribution in [2.45, 2.75) is 32.4 Å². The van der Waals surface area contributed by atoms with Gasteiger partial charge in [0.25, 0.3) is 0 Å². The third-order valence-electron chi connectivity index (χ3n) is 4.24. The summed E-state index contributed by atoms with van der Waals surface area (Å²) < 4.78 is 5.61. The largest absolute Gasteiger partial charge is 0.444 e. The maximum absolute atomic E-state index is 5.89. The van der Waals surface area contributed by atoms with E-state index in [9.17, 15) is 0 Å². The Morgan fingerprint density at radius 1 is 1.33 bits per heavy atom. The summed E-state index contributed by atoms with van der Waals surface area (Å²) in [4.78, 5) is 6.90. The highest BCUT2D eigenvalue weighted by Gasteiger charge is 2.33. The van der Waals surface area contributed by atoms with E-state index < -0.39 is 0 Å².